The van der Waals surface area contributed by atoms with Crippen LogP contribution < -0.4 is 5.73 Å². The van der Waals surface area contributed by atoms with Gasteiger partial charge in [0.1, 0.15) is 0 Å². The van der Waals surface area contributed by atoms with Crippen LogP contribution in [0.25, 0.3) is 0 Å². The number of nitrogens with zero attached hydrogens (tertiary/aromatic N) is 2. The summed E-state index contributed by atoms with van der Waals surface area (Å²) in [6.45, 7) is 3.86. The molecule has 1 atom stereocenters. The van der Waals surface area contributed by atoms with Crippen LogP contribution in [0.2, 0.25) is 0 Å². The standard InChI is InChI=1S/C17H25N3O3S.ClH/c18-15(13-2-9-23-10-3-13)17(22)20-6-1-5-19(7-8-20)16(21)14-4-11-24-12-14;/h4,11-13,15H,1-3,5-10,18H2;1H. The number of thiophene rings is 1. The summed E-state index contributed by atoms with van der Waals surface area (Å²) in [5, 5.41) is 3.78. The summed E-state index contributed by atoms with van der Waals surface area (Å²) in [7, 11) is 0. The van der Waals surface area contributed by atoms with Crippen molar-refractivity contribution in [3.05, 3.63) is 22.4 Å². The van der Waals surface area contributed by atoms with E-state index in [-0.39, 0.29) is 30.1 Å². The van der Waals surface area contributed by atoms with E-state index in [0.717, 1.165) is 24.8 Å². The van der Waals surface area contributed by atoms with Gasteiger partial charge in [0.25, 0.3) is 5.91 Å². The molecule has 2 aliphatic rings. The summed E-state index contributed by atoms with van der Waals surface area (Å²) in [5.74, 6) is 0.282. The molecule has 2 fully saturated rings. The molecule has 0 saturated carbocycles. The van der Waals surface area contributed by atoms with Gasteiger partial charge in [-0.05, 0) is 36.6 Å². The quantitative estimate of drug-likeness (QED) is 0.854. The first-order valence-corrected chi connectivity index (χ1v) is 9.54. The Morgan fingerprint density at radius 2 is 1.84 bits per heavy atom. The number of rotatable bonds is 3. The van der Waals surface area contributed by atoms with Crippen LogP contribution in [-0.2, 0) is 9.53 Å². The molecule has 8 heteroatoms. The lowest BCUT2D eigenvalue weighted by Gasteiger charge is -2.31. The second-order valence-electron chi connectivity index (χ2n) is 6.46. The molecule has 3 rings (SSSR count). The molecule has 1 aromatic heterocycles. The Bertz CT molecular complexity index is 563. The molecule has 6 nitrogen and oxygen atoms in total. The number of carbonyl (C=O) groups excluding carboxylic acids is 2. The van der Waals surface area contributed by atoms with Crippen molar-refractivity contribution in [1.29, 1.82) is 0 Å². The van der Waals surface area contributed by atoms with E-state index < -0.39 is 6.04 Å². The average molecular weight is 388 g/mol. The topological polar surface area (TPSA) is 75.9 Å². The van der Waals surface area contributed by atoms with E-state index in [0.29, 0.717) is 39.4 Å². The van der Waals surface area contributed by atoms with Crippen molar-refractivity contribution in [2.75, 3.05) is 39.4 Å². The van der Waals surface area contributed by atoms with Gasteiger partial charge in [-0.3, -0.25) is 9.59 Å². The fraction of sp³-hybridized carbons (Fsp3) is 0.647. The van der Waals surface area contributed by atoms with Crippen molar-refractivity contribution in [2.24, 2.45) is 11.7 Å². The zero-order valence-electron chi connectivity index (χ0n) is 14.3. The Morgan fingerprint density at radius 1 is 1.16 bits per heavy atom. The third-order valence-corrected chi connectivity index (χ3v) is 5.61. The Kier molecular flexibility index (Phi) is 7.68. The zero-order valence-corrected chi connectivity index (χ0v) is 15.9. The Labute approximate surface area is 158 Å². The molecule has 0 spiro atoms. The molecule has 1 aromatic rings. The molecule has 1 unspecified atom stereocenters. The maximum absolute atomic E-state index is 12.7. The summed E-state index contributed by atoms with van der Waals surface area (Å²) in [5.41, 5.74) is 6.95. The maximum Gasteiger partial charge on any atom is 0.254 e. The number of hydrogen-bond donors (Lipinski definition) is 1. The third kappa shape index (κ3) is 4.94. The number of hydrogen-bond acceptors (Lipinski definition) is 5. The summed E-state index contributed by atoms with van der Waals surface area (Å²) in [6, 6.07) is 1.40. The minimum absolute atomic E-state index is 0. The monoisotopic (exact) mass is 387 g/mol. The molecule has 3 heterocycles. The van der Waals surface area contributed by atoms with E-state index in [9.17, 15) is 9.59 Å². The highest BCUT2D eigenvalue weighted by Gasteiger charge is 2.31. The second-order valence-corrected chi connectivity index (χ2v) is 7.24. The number of ether oxygens (including phenoxy) is 1. The molecular formula is C17H26ClN3O3S. The van der Waals surface area contributed by atoms with Crippen molar-refractivity contribution in [3.8, 4) is 0 Å². The lowest BCUT2D eigenvalue weighted by molar-refractivity contribution is -0.134. The summed E-state index contributed by atoms with van der Waals surface area (Å²) >= 11 is 1.52. The first-order valence-electron chi connectivity index (χ1n) is 8.60. The van der Waals surface area contributed by atoms with Crippen LogP contribution in [0.1, 0.15) is 29.6 Å². The van der Waals surface area contributed by atoms with Gasteiger partial charge in [0.05, 0.1) is 11.6 Å². The molecule has 0 bridgehead atoms. The van der Waals surface area contributed by atoms with Crippen LogP contribution >= 0.6 is 23.7 Å². The largest absolute Gasteiger partial charge is 0.381 e. The Morgan fingerprint density at radius 3 is 2.52 bits per heavy atom. The van der Waals surface area contributed by atoms with E-state index in [4.69, 9.17) is 10.5 Å². The van der Waals surface area contributed by atoms with Gasteiger partial charge in [-0.25, -0.2) is 0 Å². The van der Waals surface area contributed by atoms with Gasteiger partial charge in [-0.2, -0.15) is 11.3 Å². The second kappa shape index (κ2) is 9.52. The Balaban J connectivity index is 0.00000225. The first-order chi connectivity index (χ1) is 11.7. The highest BCUT2D eigenvalue weighted by atomic mass is 35.5. The van der Waals surface area contributed by atoms with Gasteiger partial charge in [0, 0.05) is 44.8 Å². The van der Waals surface area contributed by atoms with Crippen LogP contribution in [0.5, 0.6) is 0 Å². The van der Waals surface area contributed by atoms with E-state index in [1.165, 1.54) is 11.3 Å². The molecule has 0 aliphatic carbocycles. The zero-order chi connectivity index (χ0) is 16.9. The predicted octanol–water partition coefficient (Wildman–Crippen LogP) is 1.60. The first kappa shape index (κ1) is 20.2. The summed E-state index contributed by atoms with van der Waals surface area (Å²) in [6.07, 6.45) is 2.50. The molecule has 2 amide bonds. The van der Waals surface area contributed by atoms with Crippen LogP contribution in [0.3, 0.4) is 0 Å². The van der Waals surface area contributed by atoms with E-state index >= 15 is 0 Å². The minimum Gasteiger partial charge on any atom is -0.381 e. The van der Waals surface area contributed by atoms with Gasteiger partial charge < -0.3 is 20.3 Å². The molecule has 2 aliphatic heterocycles. The fourth-order valence-corrected chi connectivity index (χ4v) is 4.03. The van der Waals surface area contributed by atoms with Gasteiger partial charge in [-0.1, -0.05) is 0 Å². The molecule has 0 aromatic carbocycles. The van der Waals surface area contributed by atoms with Crippen LogP contribution in [0, 0.1) is 5.92 Å². The lowest BCUT2D eigenvalue weighted by Crippen LogP contribution is -2.50. The van der Waals surface area contributed by atoms with Crippen molar-refractivity contribution < 1.29 is 14.3 Å². The molecule has 140 valence electrons. The van der Waals surface area contributed by atoms with E-state index in [2.05, 4.69) is 0 Å². The van der Waals surface area contributed by atoms with Gasteiger partial charge in [0.2, 0.25) is 5.91 Å². The van der Waals surface area contributed by atoms with Gasteiger partial charge in [-0.15, -0.1) is 12.4 Å². The number of carbonyl (C=O) groups is 2. The number of amides is 2. The van der Waals surface area contributed by atoms with Crippen LogP contribution in [0.15, 0.2) is 16.8 Å². The Hall–Kier alpha value is -1.15. The van der Waals surface area contributed by atoms with Gasteiger partial charge in [0.15, 0.2) is 0 Å². The number of nitrogens with two attached hydrogens (primary N) is 1. The smallest absolute Gasteiger partial charge is 0.254 e. The normalized spacial score (nSPS) is 20.5. The van der Waals surface area contributed by atoms with Gasteiger partial charge >= 0.3 is 0 Å². The highest BCUT2D eigenvalue weighted by molar-refractivity contribution is 7.08. The van der Waals surface area contributed by atoms with E-state index in [1.807, 2.05) is 26.6 Å². The predicted molar refractivity (Wildman–Crippen MR) is 100 cm³/mol. The molecule has 25 heavy (non-hydrogen) atoms. The SMILES string of the molecule is Cl.NC(C(=O)N1CCCN(C(=O)c2ccsc2)CC1)C1CCOCC1. The van der Waals surface area contributed by atoms with Crippen molar-refractivity contribution in [3.63, 3.8) is 0 Å². The third-order valence-electron chi connectivity index (χ3n) is 4.92. The van der Waals surface area contributed by atoms with Crippen molar-refractivity contribution in [2.45, 2.75) is 25.3 Å². The van der Waals surface area contributed by atoms with Crippen molar-refractivity contribution >= 4 is 35.6 Å². The molecule has 2 N–H and O–H groups in total. The lowest BCUT2D eigenvalue weighted by atomic mass is 9.91. The average Bonchev–Trinajstić information content (AvgIpc) is 3.05. The van der Waals surface area contributed by atoms with Crippen LogP contribution in [-0.4, -0.2) is 67.0 Å². The van der Waals surface area contributed by atoms with Crippen LogP contribution in [0.4, 0.5) is 0 Å². The molecule has 2 saturated heterocycles. The summed E-state index contributed by atoms with van der Waals surface area (Å²) < 4.78 is 5.35. The highest BCUT2D eigenvalue weighted by Crippen LogP contribution is 2.20. The number of halogens is 1. The molecular weight excluding hydrogens is 362 g/mol. The maximum atomic E-state index is 12.7. The summed E-state index contributed by atoms with van der Waals surface area (Å²) in [4.78, 5) is 28.9. The molecule has 0 radical (unpaired) electrons. The van der Waals surface area contributed by atoms with Crippen molar-refractivity contribution in [1.82, 2.24) is 9.80 Å². The van der Waals surface area contributed by atoms with E-state index in [1.54, 1.807) is 0 Å². The fourth-order valence-electron chi connectivity index (χ4n) is 3.40. The minimum atomic E-state index is -0.451.